The zero-order chi connectivity index (χ0) is 13.1. The summed E-state index contributed by atoms with van der Waals surface area (Å²) in [5.41, 5.74) is 8.23. The molecule has 0 bridgehead atoms. The highest BCUT2D eigenvalue weighted by molar-refractivity contribution is 9.10. The van der Waals surface area contributed by atoms with Crippen molar-refractivity contribution in [2.75, 3.05) is 13.1 Å². The minimum atomic E-state index is 0.170. The molecule has 0 aliphatic carbocycles. The Kier molecular flexibility index (Phi) is 4.40. The van der Waals surface area contributed by atoms with Gasteiger partial charge in [0.15, 0.2) is 0 Å². The van der Waals surface area contributed by atoms with Gasteiger partial charge in [-0.25, -0.2) is 0 Å². The van der Waals surface area contributed by atoms with Gasteiger partial charge in [-0.15, -0.1) is 0 Å². The normalized spacial score (nSPS) is 19.3. The molecule has 1 fully saturated rings. The van der Waals surface area contributed by atoms with Crippen molar-refractivity contribution in [3.05, 3.63) is 33.8 Å². The summed E-state index contributed by atoms with van der Waals surface area (Å²) in [6, 6.07) is 6.41. The van der Waals surface area contributed by atoms with Crippen molar-refractivity contribution in [1.29, 1.82) is 0 Å². The van der Waals surface area contributed by atoms with Gasteiger partial charge in [0.25, 0.3) is 0 Å². The Hall–Kier alpha value is -0.870. The summed E-state index contributed by atoms with van der Waals surface area (Å²) in [6.07, 6.45) is 2.32. The average molecular weight is 311 g/mol. The van der Waals surface area contributed by atoms with E-state index >= 15 is 0 Å². The first-order valence-electron chi connectivity index (χ1n) is 6.34. The molecule has 0 aromatic heterocycles. The van der Waals surface area contributed by atoms with Gasteiger partial charge in [-0.2, -0.15) is 0 Å². The highest BCUT2D eigenvalue weighted by Gasteiger charge is 2.22. The monoisotopic (exact) mass is 310 g/mol. The molecule has 0 radical (unpaired) electrons. The lowest BCUT2D eigenvalue weighted by Gasteiger charge is -2.15. The van der Waals surface area contributed by atoms with Crippen molar-refractivity contribution < 1.29 is 4.79 Å². The SMILES string of the molecule is Cc1cc(CCC(=O)N2CC[C@H](N)C2)ccc1Br. The van der Waals surface area contributed by atoms with E-state index in [-0.39, 0.29) is 11.9 Å². The molecule has 1 aromatic rings. The molecular formula is C14H19BrN2O. The summed E-state index contributed by atoms with van der Waals surface area (Å²) < 4.78 is 1.11. The van der Waals surface area contributed by atoms with Crippen LogP contribution >= 0.6 is 15.9 Å². The second-order valence-electron chi connectivity index (χ2n) is 4.97. The molecule has 0 spiro atoms. The molecule has 1 heterocycles. The van der Waals surface area contributed by atoms with E-state index in [9.17, 15) is 4.79 Å². The molecule has 18 heavy (non-hydrogen) atoms. The number of rotatable bonds is 3. The maximum absolute atomic E-state index is 12.0. The number of hydrogen-bond donors (Lipinski definition) is 1. The Morgan fingerprint density at radius 3 is 2.94 bits per heavy atom. The van der Waals surface area contributed by atoms with Crippen LogP contribution in [0.2, 0.25) is 0 Å². The Morgan fingerprint density at radius 2 is 2.33 bits per heavy atom. The maximum Gasteiger partial charge on any atom is 0.222 e. The summed E-state index contributed by atoms with van der Waals surface area (Å²) in [6.45, 7) is 3.60. The van der Waals surface area contributed by atoms with E-state index in [1.807, 2.05) is 11.0 Å². The van der Waals surface area contributed by atoms with E-state index in [0.29, 0.717) is 6.42 Å². The smallest absolute Gasteiger partial charge is 0.222 e. The van der Waals surface area contributed by atoms with Crippen LogP contribution in [0.15, 0.2) is 22.7 Å². The summed E-state index contributed by atoms with van der Waals surface area (Å²) in [4.78, 5) is 13.9. The van der Waals surface area contributed by atoms with Crippen LogP contribution in [-0.4, -0.2) is 29.9 Å². The van der Waals surface area contributed by atoms with Crippen LogP contribution < -0.4 is 5.73 Å². The van der Waals surface area contributed by atoms with Gasteiger partial charge in [0, 0.05) is 30.0 Å². The van der Waals surface area contributed by atoms with Crippen LogP contribution in [-0.2, 0) is 11.2 Å². The van der Waals surface area contributed by atoms with Crippen molar-refractivity contribution in [1.82, 2.24) is 4.90 Å². The van der Waals surface area contributed by atoms with Gasteiger partial charge in [-0.1, -0.05) is 28.1 Å². The van der Waals surface area contributed by atoms with Gasteiger partial charge in [-0.3, -0.25) is 4.79 Å². The van der Waals surface area contributed by atoms with Crippen LogP contribution in [0.25, 0.3) is 0 Å². The van der Waals surface area contributed by atoms with E-state index in [0.717, 1.165) is 30.4 Å². The first-order valence-corrected chi connectivity index (χ1v) is 7.14. The summed E-state index contributed by atoms with van der Waals surface area (Å²) in [5, 5.41) is 0. The highest BCUT2D eigenvalue weighted by Crippen LogP contribution is 2.18. The molecular weight excluding hydrogens is 292 g/mol. The van der Waals surface area contributed by atoms with Crippen LogP contribution in [0.4, 0.5) is 0 Å². The molecule has 2 rings (SSSR count). The second-order valence-corrected chi connectivity index (χ2v) is 5.83. The van der Waals surface area contributed by atoms with Gasteiger partial charge >= 0.3 is 0 Å². The molecule has 1 atom stereocenters. The second kappa shape index (κ2) is 5.85. The Bertz CT molecular complexity index is 447. The van der Waals surface area contributed by atoms with Crippen molar-refractivity contribution in [3.8, 4) is 0 Å². The third kappa shape index (κ3) is 3.33. The summed E-state index contributed by atoms with van der Waals surface area (Å²) >= 11 is 3.48. The third-order valence-corrected chi connectivity index (χ3v) is 4.32. The number of carbonyl (C=O) groups excluding carboxylic acids is 1. The molecule has 1 aromatic carbocycles. The van der Waals surface area contributed by atoms with Gasteiger partial charge in [-0.05, 0) is 37.0 Å². The topological polar surface area (TPSA) is 46.3 Å². The molecule has 0 saturated carbocycles. The van der Waals surface area contributed by atoms with E-state index < -0.39 is 0 Å². The van der Waals surface area contributed by atoms with E-state index in [2.05, 4.69) is 35.0 Å². The van der Waals surface area contributed by atoms with Gasteiger partial charge < -0.3 is 10.6 Å². The highest BCUT2D eigenvalue weighted by atomic mass is 79.9. The van der Waals surface area contributed by atoms with E-state index in [4.69, 9.17) is 5.73 Å². The largest absolute Gasteiger partial charge is 0.341 e. The number of aryl methyl sites for hydroxylation is 2. The number of halogens is 1. The quantitative estimate of drug-likeness (QED) is 0.930. The number of carbonyl (C=O) groups is 1. The van der Waals surface area contributed by atoms with Gasteiger partial charge in [0.1, 0.15) is 0 Å². The molecule has 4 heteroatoms. The van der Waals surface area contributed by atoms with Crippen LogP contribution in [0.5, 0.6) is 0 Å². The Labute approximate surface area is 116 Å². The van der Waals surface area contributed by atoms with Gasteiger partial charge in [0.05, 0.1) is 0 Å². The molecule has 1 aliphatic rings. The van der Waals surface area contributed by atoms with Crippen molar-refractivity contribution in [2.24, 2.45) is 5.73 Å². The lowest BCUT2D eigenvalue weighted by molar-refractivity contribution is -0.130. The molecule has 1 amide bonds. The maximum atomic E-state index is 12.0. The van der Waals surface area contributed by atoms with E-state index in [1.54, 1.807) is 0 Å². The molecule has 1 aliphatic heterocycles. The molecule has 2 N–H and O–H groups in total. The number of hydrogen-bond acceptors (Lipinski definition) is 2. The fraction of sp³-hybridized carbons (Fsp3) is 0.500. The number of nitrogens with zero attached hydrogens (tertiary/aromatic N) is 1. The molecule has 98 valence electrons. The first kappa shape index (κ1) is 13.6. The fourth-order valence-electron chi connectivity index (χ4n) is 2.29. The third-order valence-electron chi connectivity index (χ3n) is 3.43. The van der Waals surface area contributed by atoms with Gasteiger partial charge in [0.2, 0.25) is 5.91 Å². The van der Waals surface area contributed by atoms with Crippen molar-refractivity contribution in [3.63, 3.8) is 0 Å². The Morgan fingerprint density at radius 1 is 1.56 bits per heavy atom. The van der Waals surface area contributed by atoms with Crippen LogP contribution in [0.3, 0.4) is 0 Å². The molecule has 3 nitrogen and oxygen atoms in total. The minimum absolute atomic E-state index is 0.170. The lowest BCUT2D eigenvalue weighted by Crippen LogP contribution is -2.31. The van der Waals surface area contributed by atoms with Crippen LogP contribution in [0.1, 0.15) is 24.0 Å². The van der Waals surface area contributed by atoms with E-state index in [1.165, 1.54) is 11.1 Å². The molecule has 0 unspecified atom stereocenters. The fourth-order valence-corrected chi connectivity index (χ4v) is 2.53. The predicted octanol–water partition coefficient (Wildman–Crippen LogP) is 2.25. The lowest BCUT2D eigenvalue weighted by atomic mass is 10.1. The summed E-state index contributed by atoms with van der Waals surface area (Å²) in [7, 11) is 0. The zero-order valence-electron chi connectivity index (χ0n) is 10.7. The first-order chi connectivity index (χ1) is 8.56. The van der Waals surface area contributed by atoms with Crippen LogP contribution in [0, 0.1) is 6.92 Å². The minimum Gasteiger partial charge on any atom is -0.341 e. The number of amides is 1. The number of nitrogens with two attached hydrogens (primary N) is 1. The average Bonchev–Trinajstić information content (AvgIpc) is 2.77. The Balaban J connectivity index is 1.87. The summed E-state index contributed by atoms with van der Waals surface area (Å²) in [5.74, 6) is 0.225. The standard InChI is InChI=1S/C14H19BrN2O/c1-10-8-11(2-4-13(10)15)3-5-14(18)17-7-6-12(16)9-17/h2,4,8,12H,3,5-7,9,16H2,1H3/t12-/m0/s1. The van der Waals surface area contributed by atoms with Crippen molar-refractivity contribution >= 4 is 21.8 Å². The number of benzene rings is 1. The number of likely N-dealkylation sites (tertiary alicyclic amines) is 1. The molecule has 1 saturated heterocycles. The zero-order valence-corrected chi connectivity index (χ0v) is 12.2. The van der Waals surface area contributed by atoms with Crippen molar-refractivity contribution in [2.45, 2.75) is 32.2 Å². The predicted molar refractivity (Wildman–Crippen MR) is 76.4 cm³/mol.